The van der Waals surface area contributed by atoms with Crippen LogP contribution in [0.25, 0.3) is 0 Å². The summed E-state index contributed by atoms with van der Waals surface area (Å²) in [6, 6.07) is 0. The van der Waals surface area contributed by atoms with Crippen molar-refractivity contribution in [2.45, 2.75) is 19.8 Å². The van der Waals surface area contributed by atoms with E-state index in [0.29, 0.717) is 0 Å². The van der Waals surface area contributed by atoms with Gasteiger partial charge >= 0.3 is 0 Å². The van der Waals surface area contributed by atoms with E-state index in [2.05, 4.69) is 4.90 Å². The monoisotopic (exact) mass is 186 g/mol. The van der Waals surface area contributed by atoms with Gasteiger partial charge in [-0.2, -0.15) is 0 Å². The maximum absolute atomic E-state index is 5.66. The Labute approximate surface area is 81.2 Å². The Morgan fingerprint density at radius 1 is 1.54 bits per heavy atom. The van der Waals surface area contributed by atoms with Crippen molar-refractivity contribution in [1.29, 1.82) is 0 Å². The number of nitrogens with two attached hydrogens (primary N) is 1. The standard InChI is InChI=1S/C10H22N2O/c1-2-13-7-6-12-5-3-4-10(8-11)9-12/h10H,2-9,11H2,1H3. The molecule has 1 unspecified atom stereocenters. The van der Waals surface area contributed by atoms with Crippen LogP contribution < -0.4 is 5.73 Å². The van der Waals surface area contributed by atoms with Gasteiger partial charge in [0, 0.05) is 19.7 Å². The van der Waals surface area contributed by atoms with Gasteiger partial charge in [-0.3, -0.25) is 0 Å². The van der Waals surface area contributed by atoms with Gasteiger partial charge in [0.1, 0.15) is 0 Å². The van der Waals surface area contributed by atoms with Crippen LogP contribution in [0.1, 0.15) is 19.8 Å². The lowest BCUT2D eigenvalue weighted by atomic mass is 9.98. The second kappa shape index (κ2) is 6.35. The number of rotatable bonds is 5. The molecule has 1 atom stereocenters. The fourth-order valence-electron chi connectivity index (χ4n) is 1.88. The molecule has 0 aromatic rings. The van der Waals surface area contributed by atoms with Gasteiger partial charge in [0.2, 0.25) is 0 Å². The van der Waals surface area contributed by atoms with Gasteiger partial charge in [0.05, 0.1) is 6.61 Å². The Kier molecular flexibility index (Phi) is 5.35. The highest BCUT2D eigenvalue weighted by Crippen LogP contribution is 2.14. The molecule has 0 radical (unpaired) electrons. The van der Waals surface area contributed by atoms with E-state index in [1.807, 2.05) is 6.92 Å². The molecule has 0 aromatic carbocycles. The smallest absolute Gasteiger partial charge is 0.0593 e. The van der Waals surface area contributed by atoms with Crippen LogP contribution in [-0.2, 0) is 4.74 Å². The van der Waals surface area contributed by atoms with Gasteiger partial charge in [-0.15, -0.1) is 0 Å². The van der Waals surface area contributed by atoms with Gasteiger partial charge in [0.15, 0.2) is 0 Å². The fraction of sp³-hybridized carbons (Fsp3) is 1.00. The molecule has 2 N–H and O–H groups in total. The second-order valence-corrected chi connectivity index (χ2v) is 3.74. The lowest BCUT2D eigenvalue weighted by Crippen LogP contribution is -2.40. The highest BCUT2D eigenvalue weighted by molar-refractivity contribution is 4.73. The minimum absolute atomic E-state index is 0.718. The quantitative estimate of drug-likeness (QED) is 0.642. The Bertz CT molecular complexity index is 130. The molecule has 1 aliphatic heterocycles. The number of hydrogen-bond donors (Lipinski definition) is 1. The molecule has 1 rings (SSSR count). The molecule has 0 spiro atoms. The van der Waals surface area contributed by atoms with Crippen molar-refractivity contribution >= 4 is 0 Å². The van der Waals surface area contributed by atoms with Crippen molar-refractivity contribution in [2.24, 2.45) is 11.7 Å². The summed E-state index contributed by atoms with van der Waals surface area (Å²) in [5.74, 6) is 0.718. The summed E-state index contributed by atoms with van der Waals surface area (Å²) in [5.41, 5.74) is 5.66. The first-order valence-electron chi connectivity index (χ1n) is 5.37. The molecule has 3 heteroatoms. The molecule has 1 aliphatic rings. The van der Waals surface area contributed by atoms with E-state index < -0.39 is 0 Å². The molecule has 0 aliphatic carbocycles. The third-order valence-corrected chi connectivity index (χ3v) is 2.69. The number of piperidine rings is 1. The van der Waals surface area contributed by atoms with Crippen LogP contribution in [0.2, 0.25) is 0 Å². The Balaban J connectivity index is 2.11. The first kappa shape index (κ1) is 11.0. The summed E-state index contributed by atoms with van der Waals surface area (Å²) in [6.07, 6.45) is 2.61. The van der Waals surface area contributed by atoms with Crippen molar-refractivity contribution in [2.75, 3.05) is 39.4 Å². The molecule has 78 valence electrons. The largest absolute Gasteiger partial charge is 0.380 e. The number of nitrogens with zero attached hydrogens (tertiary/aromatic N) is 1. The predicted molar refractivity (Wildman–Crippen MR) is 54.7 cm³/mol. The normalized spacial score (nSPS) is 24.9. The maximum atomic E-state index is 5.66. The van der Waals surface area contributed by atoms with Crippen LogP contribution in [0, 0.1) is 5.92 Å². The van der Waals surface area contributed by atoms with E-state index >= 15 is 0 Å². The highest BCUT2D eigenvalue weighted by Gasteiger charge is 2.17. The summed E-state index contributed by atoms with van der Waals surface area (Å²) >= 11 is 0. The Morgan fingerprint density at radius 3 is 3.08 bits per heavy atom. The van der Waals surface area contributed by atoms with Crippen LogP contribution in [0.3, 0.4) is 0 Å². The molecule has 0 bridgehead atoms. The van der Waals surface area contributed by atoms with E-state index in [1.165, 1.54) is 25.9 Å². The van der Waals surface area contributed by atoms with E-state index in [0.717, 1.165) is 32.2 Å². The first-order valence-corrected chi connectivity index (χ1v) is 5.37. The SMILES string of the molecule is CCOCCN1CCCC(CN)C1. The lowest BCUT2D eigenvalue weighted by molar-refractivity contribution is 0.0930. The summed E-state index contributed by atoms with van der Waals surface area (Å²) in [5, 5.41) is 0. The third kappa shape index (κ3) is 4.07. The average Bonchev–Trinajstić information content (AvgIpc) is 2.19. The van der Waals surface area contributed by atoms with Gasteiger partial charge in [-0.1, -0.05) is 0 Å². The molecule has 0 saturated carbocycles. The molecule has 13 heavy (non-hydrogen) atoms. The number of likely N-dealkylation sites (tertiary alicyclic amines) is 1. The summed E-state index contributed by atoms with van der Waals surface area (Å²) in [4.78, 5) is 2.47. The zero-order valence-electron chi connectivity index (χ0n) is 8.67. The van der Waals surface area contributed by atoms with Crippen molar-refractivity contribution in [3.63, 3.8) is 0 Å². The first-order chi connectivity index (χ1) is 6.36. The minimum atomic E-state index is 0.718. The van der Waals surface area contributed by atoms with Gasteiger partial charge in [-0.05, 0) is 38.8 Å². The number of ether oxygens (including phenoxy) is 1. The van der Waals surface area contributed by atoms with Gasteiger partial charge in [-0.25, -0.2) is 0 Å². The summed E-state index contributed by atoms with van der Waals surface area (Å²) < 4.78 is 5.33. The van der Waals surface area contributed by atoms with Crippen LogP contribution >= 0.6 is 0 Å². The zero-order chi connectivity index (χ0) is 9.52. The van der Waals surface area contributed by atoms with Crippen LogP contribution in [-0.4, -0.2) is 44.3 Å². The van der Waals surface area contributed by atoms with Gasteiger partial charge < -0.3 is 15.4 Å². The zero-order valence-corrected chi connectivity index (χ0v) is 8.67. The van der Waals surface area contributed by atoms with Crippen molar-refractivity contribution < 1.29 is 4.74 Å². The molecule has 0 aromatic heterocycles. The number of hydrogen-bond acceptors (Lipinski definition) is 3. The molecule has 1 saturated heterocycles. The fourth-order valence-corrected chi connectivity index (χ4v) is 1.88. The Hall–Kier alpha value is -0.120. The van der Waals surface area contributed by atoms with E-state index in [9.17, 15) is 0 Å². The Morgan fingerprint density at radius 2 is 2.38 bits per heavy atom. The third-order valence-electron chi connectivity index (χ3n) is 2.69. The highest BCUT2D eigenvalue weighted by atomic mass is 16.5. The minimum Gasteiger partial charge on any atom is -0.380 e. The van der Waals surface area contributed by atoms with Crippen LogP contribution in [0.15, 0.2) is 0 Å². The van der Waals surface area contributed by atoms with E-state index in [1.54, 1.807) is 0 Å². The maximum Gasteiger partial charge on any atom is 0.0593 e. The van der Waals surface area contributed by atoms with E-state index in [4.69, 9.17) is 10.5 Å². The molecule has 3 nitrogen and oxygen atoms in total. The summed E-state index contributed by atoms with van der Waals surface area (Å²) in [6.45, 7) is 8.05. The summed E-state index contributed by atoms with van der Waals surface area (Å²) in [7, 11) is 0. The van der Waals surface area contributed by atoms with Crippen molar-refractivity contribution in [3.8, 4) is 0 Å². The van der Waals surface area contributed by atoms with E-state index in [-0.39, 0.29) is 0 Å². The molecule has 1 fully saturated rings. The lowest BCUT2D eigenvalue weighted by Gasteiger charge is -2.31. The van der Waals surface area contributed by atoms with Crippen LogP contribution in [0.5, 0.6) is 0 Å². The van der Waals surface area contributed by atoms with Crippen molar-refractivity contribution in [3.05, 3.63) is 0 Å². The molecule has 1 heterocycles. The van der Waals surface area contributed by atoms with Crippen molar-refractivity contribution in [1.82, 2.24) is 4.90 Å². The predicted octanol–water partition coefficient (Wildman–Crippen LogP) is 0.694. The van der Waals surface area contributed by atoms with Gasteiger partial charge in [0.25, 0.3) is 0 Å². The average molecular weight is 186 g/mol. The molecular weight excluding hydrogens is 164 g/mol. The second-order valence-electron chi connectivity index (χ2n) is 3.74. The van der Waals surface area contributed by atoms with Crippen LogP contribution in [0.4, 0.5) is 0 Å². The molecular formula is C10H22N2O. The topological polar surface area (TPSA) is 38.5 Å². The molecule has 0 amide bonds.